The van der Waals surface area contributed by atoms with Crippen molar-refractivity contribution in [3.05, 3.63) is 47.6 Å². The van der Waals surface area contributed by atoms with Crippen LogP contribution in [-0.4, -0.2) is 48.1 Å². The Bertz CT molecular complexity index is 628. The molecule has 0 saturated carbocycles. The summed E-state index contributed by atoms with van der Waals surface area (Å²) in [5, 5.41) is 18.4. The molecule has 2 atom stereocenters. The lowest BCUT2D eigenvalue weighted by molar-refractivity contribution is -0.139. The second-order valence-electron chi connectivity index (χ2n) is 6.27. The molecule has 0 aromatic heterocycles. The second-order valence-corrected chi connectivity index (χ2v) is 6.27. The Hall–Kier alpha value is -2.18. The van der Waals surface area contributed by atoms with Crippen molar-refractivity contribution >= 4 is 11.9 Å². The van der Waals surface area contributed by atoms with Crippen molar-refractivity contribution in [3.63, 3.8) is 0 Å². The zero-order chi connectivity index (χ0) is 18.4. The highest BCUT2D eigenvalue weighted by molar-refractivity contribution is 5.91. The predicted molar refractivity (Wildman–Crippen MR) is 91.4 cm³/mol. The average molecular weight is 348 g/mol. The lowest BCUT2D eigenvalue weighted by Gasteiger charge is -2.19. The molecule has 1 aliphatic heterocycles. The number of esters is 2. The second kappa shape index (κ2) is 8.78. The van der Waals surface area contributed by atoms with Crippen LogP contribution in [0.15, 0.2) is 47.6 Å². The van der Waals surface area contributed by atoms with Crippen molar-refractivity contribution < 1.29 is 29.3 Å². The summed E-state index contributed by atoms with van der Waals surface area (Å²) < 4.78 is 10.5. The number of carbonyl (C=O) groups is 2. The summed E-state index contributed by atoms with van der Waals surface area (Å²) in [6, 6.07) is 0. The van der Waals surface area contributed by atoms with Gasteiger partial charge in [0.2, 0.25) is 0 Å². The van der Waals surface area contributed by atoms with Crippen molar-refractivity contribution in [2.75, 3.05) is 19.8 Å². The van der Waals surface area contributed by atoms with Crippen LogP contribution in [-0.2, 0) is 19.1 Å². The number of aliphatic hydroxyl groups is 2. The Morgan fingerprint density at radius 1 is 1.32 bits per heavy atom. The first kappa shape index (κ1) is 19.1. The van der Waals surface area contributed by atoms with Crippen molar-refractivity contribution in [3.8, 4) is 0 Å². The normalized spacial score (nSPS) is 23.9. The maximum Gasteiger partial charge on any atom is 0.336 e. The third-order valence-corrected chi connectivity index (χ3v) is 4.51. The Morgan fingerprint density at radius 3 is 2.76 bits per heavy atom. The number of hydrogen-bond donors (Lipinski definition) is 2. The minimum absolute atomic E-state index is 0.00570. The van der Waals surface area contributed by atoms with Gasteiger partial charge in [-0.2, -0.15) is 0 Å². The number of rotatable bonds is 5. The number of allylic oxidation sites excluding steroid dienone is 2. The molecule has 1 aliphatic carbocycles. The van der Waals surface area contributed by atoms with E-state index in [1.165, 1.54) is 0 Å². The lowest BCUT2D eigenvalue weighted by Crippen LogP contribution is -2.19. The predicted octanol–water partition coefficient (Wildman–Crippen LogP) is 1.59. The molecule has 1 fully saturated rings. The fraction of sp³-hybridized carbons (Fsp3) is 0.474. The first-order valence-corrected chi connectivity index (χ1v) is 8.28. The number of carbonyl (C=O) groups excluding carboxylic acids is 2. The van der Waals surface area contributed by atoms with E-state index in [1.807, 2.05) is 12.2 Å². The van der Waals surface area contributed by atoms with Gasteiger partial charge < -0.3 is 19.7 Å². The van der Waals surface area contributed by atoms with Crippen LogP contribution in [0.25, 0.3) is 0 Å². The first-order chi connectivity index (χ1) is 12.0. The average Bonchev–Trinajstić information content (AvgIpc) is 2.88. The van der Waals surface area contributed by atoms with E-state index < -0.39 is 18.5 Å². The zero-order valence-corrected chi connectivity index (χ0v) is 14.2. The van der Waals surface area contributed by atoms with Gasteiger partial charge in [0.25, 0.3) is 0 Å². The molecule has 1 heterocycles. The van der Waals surface area contributed by atoms with Gasteiger partial charge in [-0.25, -0.2) is 9.59 Å². The minimum atomic E-state index is -0.631. The van der Waals surface area contributed by atoms with Crippen LogP contribution in [0, 0.1) is 5.92 Å². The van der Waals surface area contributed by atoms with Crippen molar-refractivity contribution in [1.82, 2.24) is 0 Å². The Balaban J connectivity index is 2.12. The molecule has 0 amide bonds. The zero-order valence-electron chi connectivity index (χ0n) is 14.2. The maximum atomic E-state index is 11.8. The third-order valence-electron chi connectivity index (χ3n) is 4.51. The number of ether oxygens (including phenoxy) is 2. The Kier molecular flexibility index (Phi) is 6.73. The highest BCUT2D eigenvalue weighted by Crippen LogP contribution is 2.34. The molecule has 1 saturated heterocycles. The Morgan fingerprint density at radius 2 is 2.08 bits per heavy atom. The SMILES string of the molecule is C=C(CO)C(=O)OCC1=CC[C@@H]2C(=C)C(=O)O[C@H]2CC(CO)=CCC1. The summed E-state index contributed by atoms with van der Waals surface area (Å²) in [5.74, 6) is -1.18. The highest BCUT2D eigenvalue weighted by Gasteiger charge is 2.38. The van der Waals surface area contributed by atoms with Gasteiger partial charge in [0, 0.05) is 17.9 Å². The number of hydrogen-bond acceptors (Lipinski definition) is 6. The smallest absolute Gasteiger partial charge is 0.336 e. The maximum absolute atomic E-state index is 11.8. The van der Waals surface area contributed by atoms with Crippen molar-refractivity contribution in [2.24, 2.45) is 5.92 Å². The van der Waals surface area contributed by atoms with E-state index in [2.05, 4.69) is 13.2 Å². The first-order valence-electron chi connectivity index (χ1n) is 8.28. The number of aliphatic hydroxyl groups excluding tert-OH is 2. The molecule has 0 aromatic rings. The standard InChI is InChI=1S/C19H24O6/c1-12(9-20)18(22)24-11-14-4-3-5-15(10-21)8-17-16(7-6-14)13(2)19(23)25-17/h5-6,16-17,20-21H,1-4,7-11H2/t16-,17+/m1/s1. The lowest BCUT2D eigenvalue weighted by atomic mass is 9.87. The quantitative estimate of drug-likeness (QED) is 0.445. The molecule has 0 radical (unpaired) electrons. The Labute approximate surface area is 147 Å². The summed E-state index contributed by atoms with van der Waals surface area (Å²) in [5.41, 5.74) is 2.17. The molecule has 6 heteroatoms. The van der Waals surface area contributed by atoms with E-state index in [0.717, 1.165) is 11.1 Å². The summed E-state index contributed by atoms with van der Waals surface area (Å²) in [4.78, 5) is 23.4. The molecule has 2 aliphatic rings. The molecule has 0 bridgehead atoms. The van der Waals surface area contributed by atoms with Crippen LogP contribution >= 0.6 is 0 Å². The van der Waals surface area contributed by atoms with Gasteiger partial charge in [0.05, 0.1) is 18.8 Å². The van der Waals surface area contributed by atoms with Gasteiger partial charge in [-0.3, -0.25) is 0 Å². The van der Waals surface area contributed by atoms with Crippen LogP contribution in [0.5, 0.6) is 0 Å². The third kappa shape index (κ3) is 4.90. The van der Waals surface area contributed by atoms with Crippen LogP contribution in [0.2, 0.25) is 0 Å². The molecule has 25 heavy (non-hydrogen) atoms. The fourth-order valence-electron chi connectivity index (χ4n) is 2.93. The van der Waals surface area contributed by atoms with Crippen molar-refractivity contribution in [2.45, 2.75) is 31.8 Å². The van der Waals surface area contributed by atoms with E-state index in [4.69, 9.17) is 14.6 Å². The highest BCUT2D eigenvalue weighted by atomic mass is 16.6. The van der Waals surface area contributed by atoms with E-state index >= 15 is 0 Å². The van der Waals surface area contributed by atoms with Gasteiger partial charge in [-0.1, -0.05) is 25.3 Å². The molecule has 0 spiro atoms. The van der Waals surface area contributed by atoms with Crippen LogP contribution in [0.4, 0.5) is 0 Å². The molecular formula is C19H24O6. The largest absolute Gasteiger partial charge is 0.458 e. The van der Waals surface area contributed by atoms with Crippen molar-refractivity contribution in [1.29, 1.82) is 0 Å². The minimum Gasteiger partial charge on any atom is -0.458 e. The number of fused-ring (bicyclic) bond motifs is 1. The fourth-order valence-corrected chi connectivity index (χ4v) is 2.93. The molecule has 6 nitrogen and oxygen atoms in total. The van der Waals surface area contributed by atoms with E-state index in [-0.39, 0.29) is 30.8 Å². The van der Waals surface area contributed by atoms with E-state index in [0.29, 0.717) is 31.3 Å². The monoisotopic (exact) mass is 348 g/mol. The topological polar surface area (TPSA) is 93.1 Å². The van der Waals surface area contributed by atoms with E-state index in [9.17, 15) is 14.7 Å². The van der Waals surface area contributed by atoms with Gasteiger partial charge in [-0.15, -0.1) is 0 Å². The molecule has 0 aromatic carbocycles. The summed E-state index contributed by atoms with van der Waals surface area (Å²) in [6.45, 7) is 6.82. The molecule has 2 N–H and O–H groups in total. The summed E-state index contributed by atoms with van der Waals surface area (Å²) >= 11 is 0. The molecule has 2 rings (SSSR count). The van der Waals surface area contributed by atoms with Gasteiger partial charge >= 0.3 is 11.9 Å². The van der Waals surface area contributed by atoms with Gasteiger partial charge in [0.1, 0.15) is 12.7 Å². The van der Waals surface area contributed by atoms with Crippen LogP contribution in [0.1, 0.15) is 25.7 Å². The van der Waals surface area contributed by atoms with Crippen LogP contribution < -0.4 is 0 Å². The molecular weight excluding hydrogens is 324 g/mol. The summed E-state index contributed by atoms with van der Waals surface area (Å²) in [7, 11) is 0. The molecule has 0 unspecified atom stereocenters. The van der Waals surface area contributed by atoms with Crippen LogP contribution in [0.3, 0.4) is 0 Å². The van der Waals surface area contributed by atoms with Gasteiger partial charge in [0.15, 0.2) is 0 Å². The summed E-state index contributed by atoms with van der Waals surface area (Å²) in [6.07, 6.45) is 5.97. The van der Waals surface area contributed by atoms with E-state index in [1.54, 1.807) is 0 Å². The van der Waals surface area contributed by atoms with Gasteiger partial charge in [-0.05, 0) is 30.4 Å². The molecule has 136 valence electrons.